The van der Waals surface area contributed by atoms with Crippen LogP contribution in [0.2, 0.25) is 0 Å². The lowest BCUT2D eigenvalue weighted by Gasteiger charge is -2.06. The van der Waals surface area contributed by atoms with Crippen LogP contribution >= 0.6 is 11.6 Å². The summed E-state index contributed by atoms with van der Waals surface area (Å²) in [6.45, 7) is -2.94. The minimum absolute atomic E-state index is 0.158. The zero-order valence-electron chi connectivity index (χ0n) is 7.85. The molecule has 0 bridgehead atoms. The molecule has 0 N–H and O–H groups in total. The molecule has 0 atom stereocenters. The Labute approximate surface area is 90.8 Å². The summed E-state index contributed by atoms with van der Waals surface area (Å²) in [5.74, 6) is -0.297. The molecule has 0 saturated carbocycles. The molecule has 1 aromatic carbocycles. The minimum atomic E-state index is -2.94. The second kappa shape index (κ2) is 5.85. The molecule has 1 nitrogen and oxygen atoms in total. The van der Waals surface area contributed by atoms with Crippen molar-refractivity contribution in [3.8, 4) is 5.75 Å². The van der Waals surface area contributed by atoms with Gasteiger partial charge in [0, 0.05) is 11.9 Å². The van der Waals surface area contributed by atoms with Crippen molar-refractivity contribution in [1.29, 1.82) is 0 Å². The van der Waals surface area contributed by atoms with E-state index >= 15 is 0 Å². The molecule has 0 spiro atoms. The number of alkyl halides is 3. The molecule has 1 aromatic rings. The SMILES string of the molecule is Fc1cc(CCCCl)cc(OC(F)F)c1. The molecule has 84 valence electrons. The average molecular weight is 239 g/mol. The lowest BCUT2D eigenvalue weighted by molar-refractivity contribution is -0.0500. The van der Waals surface area contributed by atoms with Gasteiger partial charge in [-0.25, -0.2) is 4.39 Å². The smallest absolute Gasteiger partial charge is 0.387 e. The van der Waals surface area contributed by atoms with Crippen molar-refractivity contribution in [3.63, 3.8) is 0 Å². The van der Waals surface area contributed by atoms with E-state index in [1.807, 2.05) is 0 Å². The highest BCUT2D eigenvalue weighted by Crippen LogP contribution is 2.19. The number of ether oxygens (including phenoxy) is 1. The fraction of sp³-hybridized carbons (Fsp3) is 0.400. The van der Waals surface area contributed by atoms with Crippen LogP contribution in [-0.4, -0.2) is 12.5 Å². The van der Waals surface area contributed by atoms with Crippen LogP contribution in [0.5, 0.6) is 5.75 Å². The standard InChI is InChI=1S/C10H10ClF3O/c11-3-1-2-7-4-8(12)6-9(5-7)15-10(13)14/h4-6,10H,1-3H2. The zero-order valence-corrected chi connectivity index (χ0v) is 8.61. The van der Waals surface area contributed by atoms with Gasteiger partial charge in [0.2, 0.25) is 0 Å². The molecule has 0 heterocycles. The lowest BCUT2D eigenvalue weighted by Crippen LogP contribution is -2.03. The summed E-state index contributed by atoms with van der Waals surface area (Å²) in [5, 5.41) is 0. The van der Waals surface area contributed by atoms with Crippen molar-refractivity contribution in [2.75, 3.05) is 5.88 Å². The molecule has 0 fully saturated rings. The molecule has 0 aromatic heterocycles. The maximum absolute atomic E-state index is 12.9. The first kappa shape index (κ1) is 12.2. The van der Waals surface area contributed by atoms with Crippen LogP contribution in [0.3, 0.4) is 0 Å². The predicted octanol–water partition coefficient (Wildman–Crippen LogP) is 3.60. The van der Waals surface area contributed by atoms with Gasteiger partial charge in [0.05, 0.1) is 0 Å². The number of hydrogen-bond acceptors (Lipinski definition) is 1. The second-order valence-electron chi connectivity index (χ2n) is 2.97. The summed E-state index contributed by atoms with van der Waals surface area (Å²) in [5.41, 5.74) is 0.603. The number of halogens is 4. The largest absolute Gasteiger partial charge is 0.435 e. The molecule has 15 heavy (non-hydrogen) atoms. The third-order valence-corrected chi connectivity index (χ3v) is 2.02. The van der Waals surface area contributed by atoms with Crippen LogP contribution in [0.4, 0.5) is 13.2 Å². The Morgan fingerprint density at radius 1 is 1.27 bits per heavy atom. The molecule has 0 aliphatic heterocycles. The summed E-state index contributed by atoms with van der Waals surface area (Å²) < 4.78 is 40.8. The van der Waals surface area contributed by atoms with E-state index in [4.69, 9.17) is 11.6 Å². The van der Waals surface area contributed by atoms with E-state index in [2.05, 4.69) is 4.74 Å². The van der Waals surface area contributed by atoms with Gasteiger partial charge in [-0.15, -0.1) is 11.6 Å². The van der Waals surface area contributed by atoms with Gasteiger partial charge in [-0.1, -0.05) is 0 Å². The van der Waals surface area contributed by atoms with Gasteiger partial charge in [-0.05, 0) is 30.5 Å². The van der Waals surface area contributed by atoms with E-state index in [9.17, 15) is 13.2 Å². The summed E-state index contributed by atoms with van der Waals surface area (Å²) in [4.78, 5) is 0. The van der Waals surface area contributed by atoms with E-state index in [-0.39, 0.29) is 5.75 Å². The lowest BCUT2D eigenvalue weighted by atomic mass is 10.1. The van der Waals surface area contributed by atoms with Crippen LogP contribution in [0.25, 0.3) is 0 Å². The van der Waals surface area contributed by atoms with Gasteiger partial charge in [0.25, 0.3) is 0 Å². The topological polar surface area (TPSA) is 9.23 Å². The fourth-order valence-corrected chi connectivity index (χ4v) is 1.34. The molecule has 0 radical (unpaired) electrons. The first-order valence-corrected chi connectivity index (χ1v) is 4.95. The number of benzene rings is 1. The van der Waals surface area contributed by atoms with E-state index in [1.165, 1.54) is 12.1 Å². The zero-order chi connectivity index (χ0) is 11.3. The number of rotatable bonds is 5. The highest BCUT2D eigenvalue weighted by molar-refractivity contribution is 6.17. The maximum Gasteiger partial charge on any atom is 0.387 e. The van der Waals surface area contributed by atoms with Crippen LogP contribution < -0.4 is 4.74 Å². The summed E-state index contributed by atoms with van der Waals surface area (Å²) >= 11 is 5.47. The third-order valence-electron chi connectivity index (χ3n) is 1.76. The van der Waals surface area contributed by atoms with Crippen molar-refractivity contribution in [3.05, 3.63) is 29.6 Å². The molecule has 5 heteroatoms. The van der Waals surface area contributed by atoms with Crippen LogP contribution in [0.15, 0.2) is 18.2 Å². The van der Waals surface area contributed by atoms with Crippen LogP contribution in [0.1, 0.15) is 12.0 Å². The van der Waals surface area contributed by atoms with Crippen molar-refractivity contribution < 1.29 is 17.9 Å². The van der Waals surface area contributed by atoms with Crippen molar-refractivity contribution >= 4 is 11.6 Å². The van der Waals surface area contributed by atoms with Gasteiger partial charge < -0.3 is 4.74 Å². The first-order chi connectivity index (χ1) is 7.11. The quantitative estimate of drug-likeness (QED) is 0.713. The monoisotopic (exact) mass is 238 g/mol. The molecule has 0 amide bonds. The van der Waals surface area contributed by atoms with Gasteiger partial charge >= 0.3 is 6.61 Å². The Balaban J connectivity index is 2.75. The molecule has 1 rings (SSSR count). The van der Waals surface area contributed by atoms with Gasteiger partial charge in [0.1, 0.15) is 11.6 Å². The molecule has 0 aliphatic rings. The van der Waals surface area contributed by atoms with E-state index < -0.39 is 12.4 Å². The van der Waals surface area contributed by atoms with E-state index in [0.717, 1.165) is 6.07 Å². The Morgan fingerprint density at radius 2 is 2.00 bits per heavy atom. The maximum atomic E-state index is 12.9. The Morgan fingerprint density at radius 3 is 2.60 bits per heavy atom. The molecular formula is C10H10ClF3O. The van der Waals surface area contributed by atoms with Crippen molar-refractivity contribution in [2.24, 2.45) is 0 Å². The van der Waals surface area contributed by atoms with Crippen LogP contribution in [0, 0.1) is 5.82 Å². The molecule has 0 saturated heterocycles. The van der Waals surface area contributed by atoms with Crippen LogP contribution in [-0.2, 0) is 6.42 Å². The highest BCUT2D eigenvalue weighted by atomic mass is 35.5. The van der Waals surface area contributed by atoms with Crippen molar-refractivity contribution in [2.45, 2.75) is 19.5 Å². The molecule has 0 unspecified atom stereocenters. The van der Waals surface area contributed by atoms with Gasteiger partial charge in [-0.3, -0.25) is 0 Å². The first-order valence-electron chi connectivity index (χ1n) is 4.42. The Hall–Kier alpha value is -0.900. The number of hydrogen-bond donors (Lipinski definition) is 0. The van der Waals surface area contributed by atoms with Gasteiger partial charge in [-0.2, -0.15) is 8.78 Å². The van der Waals surface area contributed by atoms with Gasteiger partial charge in [0.15, 0.2) is 0 Å². The fourth-order valence-electron chi connectivity index (χ4n) is 1.21. The average Bonchev–Trinajstić information content (AvgIpc) is 2.12. The number of aryl methyl sites for hydroxylation is 1. The molecule has 0 aliphatic carbocycles. The summed E-state index contributed by atoms with van der Waals surface area (Å²) in [7, 11) is 0. The van der Waals surface area contributed by atoms with E-state index in [0.29, 0.717) is 24.3 Å². The minimum Gasteiger partial charge on any atom is -0.435 e. The summed E-state index contributed by atoms with van der Waals surface area (Å²) in [6, 6.07) is 3.60. The summed E-state index contributed by atoms with van der Waals surface area (Å²) in [6.07, 6.45) is 1.21. The van der Waals surface area contributed by atoms with E-state index in [1.54, 1.807) is 0 Å². The Kier molecular flexibility index (Phi) is 4.75. The second-order valence-corrected chi connectivity index (χ2v) is 3.34. The predicted molar refractivity (Wildman–Crippen MR) is 52.1 cm³/mol. The molecular weight excluding hydrogens is 229 g/mol. The van der Waals surface area contributed by atoms with Crippen molar-refractivity contribution in [1.82, 2.24) is 0 Å². The third kappa shape index (κ3) is 4.42. The Bertz CT molecular complexity index is 318. The highest BCUT2D eigenvalue weighted by Gasteiger charge is 2.07. The normalized spacial score (nSPS) is 10.7.